The van der Waals surface area contributed by atoms with Gasteiger partial charge in [-0.2, -0.15) is 0 Å². The van der Waals surface area contributed by atoms with Crippen LogP contribution in [0.5, 0.6) is 0 Å². The maximum Gasteiger partial charge on any atom is 0.256 e. The largest absolute Gasteiger partial charge is 0.336 e. The number of carbonyl (C=O) groups excluding carboxylic acids is 1. The number of hydrogen-bond donors (Lipinski definition) is 2. The van der Waals surface area contributed by atoms with Crippen LogP contribution in [0.2, 0.25) is 0 Å². The van der Waals surface area contributed by atoms with Crippen LogP contribution < -0.4 is 10.6 Å². The van der Waals surface area contributed by atoms with Crippen LogP contribution in [0.25, 0.3) is 0 Å². The first kappa shape index (κ1) is 17.3. The lowest BCUT2D eigenvalue weighted by molar-refractivity contribution is 0.102. The van der Waals surface area contributed by atoms with Crippen molar-refractivity contribution in [1.82, 2.24) is 10.2 Å². The summed E-state index contributed by atoms with van der Waals surface area (Å²) in [7, 11) is 0. The summed E-state index contributed by atoms with van der Waals surface area (Å²) < 4.78 is 52.8. The van der Waals surface area contributed by atoms with Gasteiger partial charge in [0.2, 0.25) is 0 Å². The number of nitrogens with one attached hydrogen (secondary N) is 2. The molecular weight excluding hydrogens is 352 g/mol. The molecule has 0 bridgehead atoms. The maximum absolute atomic E-state index is 13.6. The Bertz CT molecular complexity index is 963. The standard InChI is InChI=1S/C17H10F4N4O/c18-10-3-1-2-9(8-10)17(26)23-14-7-6-13(24-25-14)22-12-5-4-11(19)15(20)16(12)21/h1-8H,(H,22,24)(H,23,25,26). The quantitative estimate of drug-likeness (QED) is 0.543. The number of nitrogens with zero attached hydrogens (tertiary/aromatic N) is 2. The predicted octanol–water partition coefficient (Wildman–Crippen LogP) is 4.03. The third kappa shape index (κ3) is 3.77. The summed E-state index contributed by atoms with van der Waals surface area (Å²) in [6.45, 7) is 0. The summed E-state index contributed by atoms with van der Waals surface area (Å²) in [6.07, 6.45) is 0. The molecule has 5 nitrogen and oxygen atoms in total. The number of halogens is 4. The van der Waals surface area contributed by atoms with Crippen LogP contribution in [0.1, 0.15) is 10.4 Å². The van der Waals surface area contributed by atoms with E-state index in [0.717, 1.165) is 18.2 Å². The molecule has 1 heterocycles. The van der Waals surface area contributed by atoms with Crippen LogP contribution in [-0.4, -0.2) is 16.1 Å². The molecule has 3 aromatic rings. The van der Waals surface area contributed by atoms with Crippen molar-refractivity contribution in [2.75, 3.05) is 10.6 Å². The van der Waals surface area contributed by atoms with Crippen molar-refractivity contribution in [3.8, 4) is 0 Å². The van der Waals surface area contributed by atoms with Crippen molar-refractivity contribution in [1.29, 1.82) is 0 Å². The van der Waals surface area contributed by atoms with Crippen molar-refractivity contribution in [2.24, 2.45) is 0 Å². The zero-order valence-electron chi connectivity index (χ0n) is 12.9. The number of benzene rings is 2. The van der Waals surface area contributed by atoms with Gasteiger partial charge >= 0.3 is 0 Å². The van der Waals surface area contributed by atoms with Gasteiger partial charge in [-0.1, -0.05) is 6.07 Å². The molecule has 0 aliphatic carbocycles. The zero-order chi connectivity index (χ0) is 18.7. The van der Waals surface area contributed by atoms with Gasteiger partial charge in [-0.25, -0.2) is 17.6 Å². The van der Waals surface area contributed by atoms with E-state index in [2.05, 4.69) is 20.8 Å². The molecule has 2 aromatic carbocycles. The number of amides is 1. The van der Waals surface area contributed by atoms with Gasteiger partial charge in [0.25, 0.3) is 5.91 Å². The van der Waals surface area contributed by atoms with E-state index in [-0.39, 0.29) is 22.9 Å². The highest BCUT2D eigenvalue weighted by Crippen LogP contribution is 2.22. The number of carbonyl (C=O) groups is 1. The highest BCUT2D eigenvalue weighted by Gasteiger charge is 2.14. The van der Waals surface area contributed by atoms with E-state index in [1.54, 1.807) is 0 Å². The lowest BCUT2D eigenvalue weighted by Crippen LogP contribution is -2.13. The zero-order valence-corrected chi connectivity index (χ0v) is 12.9. The minimum atomic E-state index is -1.61. The smallest absolute Gasteiger partial charge is 0.256 e. The van der Waals surface area contributed by atoms with Crippen molar-refractivity contribution >= 4 is 23.2 Å². The van der Waals surface area contributed by atoms with Gasteiger partial charge in [-0.15, -0.1) is 10.2 Å². The fraction of sp³-hybridized carbons (Fsp3) is 0. The summed E-state index contributed by atoms with van der Waals surface area (Å²) in [4.78, 5) is 12.0. The molecular formula is C17H10F4N4O. The molecule has 0 aliphatic rings. The first-order valence-electron chi connectivity index (χ1n) is 7.25. The molecule has 0 saturated heterocycles. The Hall–Kier alpha value is -3.49. The van der Waals surface area contributed by atoms with Crippen molar-refractivity contribution in [2.45, 2.75) is 0 Å². The average Bonchev–Trinajstić information content (AvgIpc) is 2.64. The Kier molecular flexibility index (Phi) is 4.78. The second-order valence-electron chi connectivity index (χ2n) is 5.12. The van der Waals surface area contributed by atoms with Gasteiger partial charge in [-0.3, -0.25) is 4.79 Å². The predicted molar refractivity (Wildman–Crippen MR) is 86.0 cm³/mol. The van der Waals surface area contributed by atoms with Gasteiger partial charge < -0.3 is 10.6 Å². The highest BCUT2D eigenvalue weighted by molar-refractivity contribution is 6.03. The third-order valence-corrected chi connectivity index (χ3v) is 3.29. The first-order chi connectivity index (χ1) is 12.4. The lowest BCUT2D eigenvalue weighted by atomic mass is 10.2. The van der Waals surface area contributed by atoms with Gasteiger partial charge in [0.1, 0.15) is 5.82 Å². The SMILES string of the molecule is O=C(Nc1ccc(Nc2ccc(F)c(F)c2F)nn1)c1cccc(F)c1. The van der Waals surface area contributed by atoms with E-state index >= 15 is 0 Å². The minimum absolute atomic E-state index is 0.0404. The van der Waals surface area contributed by atoms with Crippen LogP contribution in [0.3, 0.4) is 0 Å². The van der Waals surface area contributed by atoms with Crippen LogP contribution in [0, 0.1) is 23.3 Å². The van der Waals surface area contributed by atoms with Crippen LogP contribution in [0.4, 0.5) is 34.9 Å². The molecule has 0 atom stereocenters. The number of anilines is 3. The summed E-state index contributed by atoms with van der Waals surface area (Å²) >= 11 is 0. The third-order valence-electron chi connectivity index (χ3n) is 3.29. The second kappa shape index (κ2) is 7.18. The van der Waals surface area contributed by atoms with E-state index in [4.69, 9.17) is 0 Å². The molecule has 26 heavy (non-hydrogen) atoms. The van der Waals surface area contributed by atoms with Gasteiger partial charge in [0.15, 0.2) is 29.1 Å². The molecule has 132 valence electrons. The fourth-order valence-electron chi connectivity index (χ4n) is 2.04. The topological polar surface area (TPSA) is 66.9 Å². The summed E-state index contributed by atoms with van der Waals surface area (Å²) in [5.41, 5.74) is -0.229. The van der Waals surface area contributed by atoms with Crippen LogP contribution in [0.15, 0.2) is 48.5 Å². The minimum Gasteiger partial charge on any atom is -0.336 e. The van der Waals surface area contributed by atoms with E-state index < -0.39 is 29.2 Å². The molecule has 0 aliphatic heterocycles. The fourth-order valence-corrected chi connectivity index (χ4v) is 2.04. The van der Waals surface area contributed by atoms with Gasteiger partial charge in [0, 0.05) is 5.56 Å². The average molecular weight is 362 g/mol. The maximum atomic E-state index is 13.6. The normalized spacial score (nSPS) is 10.5. The summed E-state index contributed by atoms with van der Waals surface area (Å²) in [5, 5.41) is 12.3. The monoisotopic (exact) mass is 362 g/mol. The Labute approximate surface area is 144 Å². The summed E-state index contributed by atoms with van der Waals surface area (Å²) in [5.74, 6) is -5.36. The molecule has 0 saturated carbocycles. The first-order valence-corrected chi connectivity index (χ1v) is 7.25. The van der Waals surface area contributed by atoms with Crippen molar-refractivity contribution in [3.63, 3.8) is 0 Å². The Morgan fingerprint density at radius 3 is 2.27 bits per heavy atom. The van der Waals surface area contributed by atoms with E-state index in [1.165, 1.54) is 30.3 Å². The van der Waals surface area contributed by atoms with Crippen LogP contribution in [-0.2, 0) is 0 Å². The van der Waals surface area contributed by atoms with E-state index in [9.17, 15) is 22.4 Å². The second-order valence-corrected chi connectivity index (χ2v) is 5.12. The molecule has 9 heteroatoms. The highest BCUT2D eigenvalue weighted by atomic mass is 19.2. The molecule has 2 N–H and O–H groups in total. The number of rotatable bonds is 4. The van der Waals surface area contributed by atoms with Crippen LogP contribution >= 0.6 is 0 Å². The van der Waals surface area contributed by atoms with Gasteiger partial charge in [0.05, 0.1) is 5.69 Å². The van der Waals surface area contributed by atoms with E-state index in [0.29, 0.717) is 0 Å². The Morgan fingerprint density at radius 2 is 1.58 bits per heavy atom. The number of hydrogen-bond acceptors (Lipinski definition) is 4. The van der Waals surface area contributed by atoms with Gasteiger partial charge in [-0.05, 0) is 42.5 Å². The Balaban J connectivity index is 1.71. The van der Waals surface area contributed by atoms with E-state index in [1.807, 2.05) is 0 Å². The Morgan fingerprint density at radius 1 is 0.846 bits per heavy atom. The molecule has 0 spiro atoms. The molecule has 1 aromatic heterocycles. The molecule has 1 amide bonds. The molecule has 3 rings (SSSR count). The van der Waals surface area contributed by atoms with Crippen molar-refractivity contribution < 1.29 is 22.4 Å². The van der Waals surface area contributed by atoms with Crippen molar-refractivity contribution in [3.05, 3.63) is 77.4 Å². The molecule has 0 fully saturated rings. The number of aromatic nitrogens is 2. The lowest BCUT2D eigenvalue weighted by Gasteiger charge is -2.08. The molecule has 0 radical (unpaired) electrons. The summed E-state index contributed by atoms with van der Waals surface area (Å²) in [6, 6.07) is 9.54. The molecule has 0 unspecified atom stereocenters.